The van der Waals surface area contributed by atoms with E-state index < -0.39 is 0 Å². The number of aryl methyl sites for hydroxylation is 1. The van der Waals surface area contributed by atoms with Crippen LogP contribution < -0.4 is 5.32 Å². The van der Waals surface area contributed by atoms with Crippen LogP contribution in [0.3, 0.4) is 0 Å². The van der Waals surface area contributed by atoms with Crippen molar-refractivity contribution in [1.29, 1.82) is 0 Å². The fourth-order valence-electron chi connectivity index (χ4n) is 3.26. The molecule has 0 aromatic carbocycles. The van der Waals surface area contributed by atoms with E-state index >= 15 is 0 Å². The van der Waals surface area contributed by atoms with Crippen molar-refractivity contribution in [3.63, 3.8) is 0 Å². The van der Waals surface area contributed by atoms with Crippen molar-refractivity contribution in [3.05, 3.63) is 21.9 Å². The predicted octanol–water partition coefficient (Wildman–Crippen LogP) is 3.70. The third-order valence-electron chi connectivity index (χ3n) is 4.59. The molecule has 1 fully saturated rings. The van der Waals surface area contributed by atoms with E-state index in [9.17, 15) is 0 Å². The van der Waals surface area contributed by atoms with Crippen LogP contribution in [0.15, 0.2) is 12.1 Å². The minimum absolute atomic E-state index is 0.636. The minimum atomic E-state index is 0.636. The van der Waals surface area contributed by atoms with Crippen molar-refractivity contribution in [2.24, 2.45) is 5.92 Å². The second-order valence-electron chi connectivity index (χ2n) is 6.59. The molecule has 0 spiro atoms. The monoisotopic (exact) mass is 294 g/mol. The number of hydrogen-bond donors (Lipinski definition) is 1. The molecule has 0 radical (unpaired) electrons. The molecule has 20 heavy (non-hydrogen) atoms. The second kappa shape index (κ2) is 7.06. The summed E-state index contributed by atoms with van der Waals surface area (Å²) < 4.78 is 0. The normalized spacial score (nSPS) is 26.1. The molecule has 2 nitrogen and oxygen atoms in total. The van der Waals surface area contributed by atoms with Gasteiger partial charge in [0.05, 0.1) is 0 Å². The second-order valence-corrected chi connectivity index (χ2v) is 7.96. The fourth-order valence-corrected chi connectivity index (χ4v) is 4.27. The molecule has 1 saturated heterocycles. The van der Waals surface area contributed by atoms with Gasteiger partial charge in [0, 0.05) is 41.0 Å². The standard InChI is InChI=1S/C17H30N2S/c1-6-15-11-19(17(10-18-15)12(2)3)13(4)9-16-8-7-14(5)20-16/h7-8,12-13,15,17-18H,6,9-11H2,1-5H3. The van der Waals surface area contributed by atoms with Gasteiger partial charge in [-0.3, -0.25) is 4.90 Å². The molecule has 2 heterocycles. The summed E-state index contributed by atoms with van der Waals surface area (Å²) >= 11 is 1.95. The Morgan fingerprint density at radius 1 is 1.35 bits per heavy atom. The van der Waals surface area contributed by atoms with Crippen LogP contribution in [0.5, 0.6) is 0 Å². The number of rotatable bonds is 5. The number of nitrogens with one attached hydrogen (secondary N) is 1. The fraction of sp³-hybridized carbons (Fsp3) is 0.765. The highest BCUT2D eigenvalue weighted by Crippen LogP contribution is 2.23. The molecule has 1 aromatic heterocycles. The molecule has 2 rings (SSSR count). The largest absolute Gasteiger partial charge is 0.311 e. The predicted molar refractivity (Wildman–Crippen MR) is 89.6 cm³/mol. The Bertz CT molecular complexity index is 413. The topological polar surface area (TPSA) is 15.3 Å². The first-order chi connectivity index (χ1) is 9.51. The van der Waals surface area contributed by atoms with Crippen LogP contribution in [-0.4, -0.2) is 36.1 Å². The maximum absolute atomic E-state index is 3.71. The van der Waals surface area contributed by atoms with Crippen molar-refractivity contribution >= 4 is 11.3 Å². The Hall–Kier alpha value is -0.380. The summed E-state index contributed by atoms with van der Waals surface area (Å²) in [4.78, 5) is 5.72. The molecule has 114 valence electrons. The van der Waals surface area contributed by atoms with Gasteiger partial charge in [0.25, 0.3) is 0 Å². The van der Waals surface area contributed by atoms with Crippen molar-refractivity contribution in [3.8, 4) is 0 Å². The van der Waals surface area contributed by atoms with Gasteiger partial charge in [-0.2, -0.15) is 0 Å². The van der Waals surface area contributed by atoms with Crippen LogP contribution in [0.25, 0.3) is 0 Å². The lowest BCUT2D eigenvalue weighted by atomic mass is 9.95. The van der Waals surface area contributed by atoms with Crippen LogP contribution in [-0.2, 0) is 6.42 Å². The number of piperazine rings is 1. The first-order valence-electron chi connectivity index (χ1n) is 8.05. The zero-order valence-electron chi connectivity index (χ0n) is 13.6. The molecule has 0 amide bonds. The lowest BCUT2D eigenvalue weighted by molar-refractivity contribution is 0.0617. The molecule has 1 aliphatic heterocycles. The molecule has 0 bridgehead atoms. The van der Waals surface area contributed by atoms with E-state index in [1.165, 1.54) is 29.1 Å². The van der Waals surface area contributed by atoms with Gasteiger partial charge in [-0.1, -0.05) is 20.8 Å². The Morgan fingerprint density at radius 3 is 2.65 bits per heavy atom. The van der Waals surface area contributed by atoms with Crippen molar-refractivity contribution in [2.45, 2.75) is 65.6 Å². The minimum Gasteiger partial charge on any atom is -0.311 e. The molecule has 0 aliphatic carbocycles. The molecule has 1 aliphatic rings. The SMILES string of the molecule is CCC1CN(C(C)Cc2ccc(C)s2)C(C(C)C)CN1. The van der Waals surface area contributed by atoms with Crippen LogP contribution in [0.1, 0.15) is 43.9 Å². The van der Waals surface area contributed by atoms with Crippen LogP contribution in [0.2, 0.25) is 0 Å². The van der Waals surface area contributed by atoms with E-state index in [0.29, 0.717) is 24.0 Å². The van der Waals surface area contributed by atoms with Crippen LogP contribution in [0.4, 0.5) is 0 Å². The first-order valence-corrected chi connectivity index (χ1v) is 8.87. The third-order valence-corrected chi connectivity index (χ3v) is 5.62. The van der Waals surface area contributed by atoms with Gasteiger partial charge < -0.3 is 5.32 Å². The summed E-state index contributed by atoms with van der Waals surface area (Å²) in [5.41, 5.74) is 0. The molecular weight excluding hydrogens is 264 g/mol. The summed E-state index contributed by atoms with van der Waals surface area (Å²) in [6.07, 6.45) is 2.42. The van der Waals surface area contributed by atoms with Crippen molar-refractivity contribution in [2.75, 3.05) is 13.1 Å². The number of thiophene rings is 1. The Labute approximate surface area is 128 Å². The number of nitrogens with zero attached hydrogens (tertiary/aromatic N) is 1. The molecule has 3 heteroatoms. The average molecular weight is 295 g/mol. The smallest absolute Gasteiger partial charge is 0.0247 e. The van der Waals surface area contributed by atoms with E-state index in [1.54, 1.807) is 0 Å². The highest BCUT2D eigenvalue weighted by Gasteiger charge is 2.32. The highest BCUT2D eigenvalue weighted by atomic mass is 32.1. The summed E-state index contributed by atoms with van der Waals surface area (Å²) in [6.45, 7) is 13.9. The Balaban J connectivity index is 2.04. The summed E-state index contributed by atoms with van der Waals surface area (Å²) in [6, 6.07) is 6.53. The molecular formula is C17H30N2S. The lowest BCUT2D eigenvalue weighted by Gasteiger charge is -2.45. The average Bonchev–Trinajstić information content (AvgIpc) is 2.83. The van der Waals surface area contributed by atoms with E-state index in [0.717, 1.165) is 6.54 Å². The Kier molecular flexibility index (Phi) is 5.65. The molecule has 1 aromatic rings. The van der Waals surface area contributed by atoms with E-state index in [-0.39, 0.29) is 0 Å². The van der Waals surface area contributed by atoms with Crippen LogP contribution >= 0.6 is 11.3 Å². The lowest BCUT2D eigenvalue weighted by Crippen LogP contribution is -2.60. The summed E-state index contributed by atoms with van der Waals surface area (Å²) in [5, 5.41) is 3.71. The van der Waals surface area contributed by atoms with Gasteiger partial charge in [0.2, 0.25) is 0 Å². The Morgan fingerprint density at radius 2 is 2.10 bits per heavy atom. The highest BCUT2D eigenvalue weighted by molar-refractivity contribution is 7.11. The van der Waals surface area contributed by atoms with Gasteiger partial charge in [-0.25, -0.2) is 0 Å². The van der Waals surface area contributed by atoms with Gasteiger partial charge in [-0.15, -0.1) is 11.3 Å². The van der Waals surface area contributed by atoms with E-state index in [4.69, 9.17) is 0 Å². The maximum atomic E-state index is 3.71. The first kappa shape index (κ1) is 16.0. The van der Waals surface area contributed by atoms with Gasteiger partial charge in [-0.05, 0) is 44.7 Å². The maximum Gasteiger partial charge on any atom is 0.0247 e. The quantitative estimate of drug-likeness (QED) is 0.891. The summed E-state index contributed by atoms with van der Waals surface area (Å²) in [7, 11) is 0. The van der Waals surface area contributed by atoms with Crippen molar-refractivity contribution in [1.82, 2.24) is 10.2 Å². The molecule has 3 unspecified atom stereocenters. The number of hydrogen-bond acceptors (Lipinski definition) is 3. The van der Waals surface area contributed by atoms with Gasteiger partial charge in [0.1, 0.15) is 0 Å². The van der Waals surface area contributed by atoms with E-state index in [2.05, 4.69) is 57.0 Å². The third kappa shape index (κ3) is 3.84. The molecule has 1 N–H and O–H groups in total. The van der Waals surface area contributed by atoms with Gasteiger partial charge >= 0.3 is 0 Å². The zero-order chi connectivity index (χ0) is 14.7. The van der Waals surface area contributed by atoms with Crippen LogP contribution in [0, 0.1) is 12.8 Å². The van der Waals surface area contributed by atoms with Gasteiger partial charge in [0.15, 0.2) is 0 Å². The molecule has 0 saturated carbocycles. The zero-order valence-corrected chi connectivity index (χ0v) is 14.5. The molecule has 3 atom stereocenters. The summed E-state index contributed by atoms with van der Waals surface area (Å²) in [5.74, 6) is 0.716. The van der Waals surface area contributed by atoms with E-state index in [1.807, 2.05) is 11.3 Å². The van der Waals surface area contributed by atoms with Crippen molar-refractivity contribution < 1.29 is 0 Å².